The van der Waals surface area contributed by atoms with Crippen molar-refractivity contribution in [3.8, 4) is 0 Å². The lowest BCUT2D eigenvalue weighted by molar-refractivity contribution is -0.151. The van der Waals surface area contributed by atoms with Crippen molar-refractivity contribution in [2.24, 2.45) is 0 Å². The van der Waals surface area contributed by atoms with Gasteiger partial charge in [0, 0.05) is 6.61 Å². The number of esters is 1. The Labute approximate surface area is 91.1 Å². The zero-order chi connectivity index (χ0) is 12.9. The van der Waals surface area contributed by atoms with Crippen LogP contribution < -0.4 is 0 Å². The van der Waals surface area contributed by atoms with Crippen LogP contribution in [0.4, 0.5) is 0 Å². The van der Waals surface area contributed by atoms with Crippen molar-refractivity contribution in [3.63, 3.8) is 0 Å². The molecule has 0 aromatic heterocycles. The topological polar surface area (TPSA) is 83.8 Å². The fourth-order valence-electron chi connectivity index (χ4n) is 0.263. The molecule has 0 radical (unpaired) electrons. The molecule has 1 atom stereocenters. The van der Waals surface area contributed by atoms with Gasteiger partial charge in [-0.2, -0.15) is 0 Å². The van der Waals surface area contributed by atoms with Crippen LogP contribution >= 0.6 is 0 Å². The summed E-state index contributed by atoms with van der Waals surface area (Å²) in [7, 11) is 0. The molecule has 0 saturated heterocycles. The summed E-state index contributed by atoms with van der Waals surface area (Å²) >= 11 is 0. The minimum absolute atomic E-state index is 0.167. The van der Waals surface area contributed by atoms with E-state index in [1.165, 1.54) is 20.8 Å². The van der Waals surface area contributed by atoms with Gasteiger partial charge in [0.05, 0.1) is 6.61 Å². The molecule has 5 heteroatoms. The van der Waals surface area contributed by atoms with E-state index in [0.717, 1.165) is 0 Å². The molecular weight excluding hydrogens is 200 g/mol. The van der Waals surface area contributed by atoms with Crippen LogP contribution in [-0.4, -0.2) is 41.3 Å². The second kappa shape index (κ2) is 15.5. The van der Waals surface area contributed by atoms with Crippen LogP contribution in [0.3, 0.4) is 0 Å². The van der Waals surface area contributed by atoms with Gasteiger partial charge in [0.15, 0.2) is 0 Å². The highest BCUT2D eigenvalue weighted by molar-refractivity contribution is 5.73. The molecule has 0 aliphatic rings. The van der Waals surface area contributed by atoms with Crippen molar-refractivity contribution in [1.82, 2.24) is 0 Å². The minimum Gasteiger partial charge on any atom is -0.464 e. The lowest BCUT2D eigenvalue weighted by Crippen LogP contribution is -2.18. The third-order valence-electron chi connectivity index (χ3n) is 0.628. The first-order chi connectivity index (χ1) is 6.83. The van der Waals surface area contributed by atoms with Crippen molar-refractivity contribution in [3.05, 3.63) is 0 Å². The van der Waals surface area contributed by atoms with Gasteiger partial charge in [-0.05, 0) is 34.6 Å². The zero-order valence-electron chi connectivity index (χ0n) is 10.1. The molecule has 2 N–H and O–H groups in total. The van der Waals surface area contributed by atoms with E-state index in [4.69, 9.17) is 10.2 Å². The molecule has 0 spiro atoms. The maximum absolute atomic E-state index is 10.3. The molecule has 0 rings (SSSR count). The molecule has 0 saturated carbocycles. The minimum atomic E-state index is -0.991. The fraction of sp³-hybridized carbons (Fsp3) is 0.800. The molecule has 0 amide bonds. The number of aliphatic hydroxyl groups is 2. The first-order valence-electron chi connectivity index (χ1n) is 4.76. The molecule has 0 aliphatic carbocycles. The van der Waals surface area contributed by atoms with Gasteiger partial charge in [0.25, 0.3) is 0 Å². The summed E-state index contributed by atoms with van der Waals surface area (Å²) in [6.07, 6.45) is -0.991. The Balaban J connectivity index is -0.000000173. The van der Waals surface area contributed by atoms with Gasteiger partial charge in [-0.3, -0.25) is 0 Å². The number of rotatable bonds is 2. The largest absolute Gasteiger partial charge is 0.464 e. The van der Waals surface area contributed by atoms with Crippen LogP contribution in [0, 0.1) is 0 Å². The number of Topliss-reactive ketones (excluding diaryl/α,β-unsaturated/α-hetero) is 1. The summed E-state index contributed by atoms with van der Waals surface area (Å²) in [6.45, 7) is 8.38. The first kappa shape index (κ1) is 19.6. The highest BCUT2D eigenvalue weighted by Gasteiger charge is 2.07. The number of hydrogen-bond donors (Lipinski definition) is 2. The van der Waals surface area contributed by atoms with Crippen LogP contribution in [0.1, 0.15) is 34.6 Å². The summed E-state index contributed by atoms with van der Waals surface area (Å²) in [5.74, 6) is -0.396. The van der Waals surface area contributed by atoms with Gasteiger partial charge < -0.3 is 19.7 Å². The lowest BCUT2D eigenvalue weighted by Gasteiger charge is -2.01. The average Bonchev–Trinajstić information content (AvgIpc) is 2.04. The molecule has 0 fully saturated rings. The van der Waals surface area contributed by atoms with Crippen molar-refractivity contribution < 1.29 is 24.5 Å². The predicted octanol–water partition coefficient (Wildman–Crippen LogP) is 0.524. The smallest absolute Gasteiger partial charge is 0.334 e. The second-order valence-corrected chi connectivity index (χ2v) is 2.65. The normalized spacial score (nSPS) is 9.80. The number of carbonyl (C=O) groups excluding carboxylic acids is 2. The van der Waals surface area contributed by atoms with Gasteiger partial charge in [0.1, 0.15) is 11.9 Å². The molecule has 0 aliphatic heterocycles. The third-order valence-corrected chi connectivity index (χ3v) is 0.628. The second-order valence-electron chi connectivity index (χ2n) is 2.65. The number of ketones is 1. The molecule has 0 aromatic rings. The Bertz CT molecular complexity index is 150. The van der Waals surface area contributed by atoms with Crippen molar-refractivity contribution in [2.75, 3.05) is 13.2 Å². The van der Waals surface area contributed by atoms with E-state index in [-0.39, 0.29) is 12.4 Å². The van der Waals surface area contributed by atoms with Crippen LogP contribution in [0.5, 0.6) is 0 Å². The summed E-state index contributed by atoms with van der Waals surface area (Å²) in [5, 5.41) is 16.0. The Kier molecular flexibility index (Phi) is 20.3. The Morgan fingerprint density at radius 1 is 1.27 bits per heavy atom. The van der Waals surface area contributed by atoms with Gasteiger partial charge in [-0.1, -0.05) is 0 Å². The van der Waals surface area contributed by atoms with Crippen LogP contribution in [0.25, 0.3) is 0 Å². The van der Waals surface area contributed by atoms with E-state index in [1.54, 1.807) is 13.8 Å². The summed E-state index contributed by atoms with van der Waals surface area (Å²) in [5.41, 5.74) is 0. The monoisotopic (exact) mass is 222 g/mol. The van der Waals surface area contributed by atoms with Crippen LogP contribution in [0.2, 0.25) is 0 Å². The van der Waals surface area contributed by atoms with Crippen molar-refractivity contribution in [2.45, 2.75) is 40.7 Å². The standard InChI is InChI=1S/C5H10O3.C3H6O.C2H6O/c1-3-8-5(7)4(2)6;1-3(2)4;1-2-3/h4,6H,3H2,1-2H3;1-2H3;3H,2H2,1H3. The number of carbonyl (C=O) groups is 2. The zero-order valence-corrected chi connectivity index (χ0v) is 10.1. The van der Waals surface area contributed by atoms with Crippen molar-refractivity contribution in [1.29, 1.82) is 0 Å². The molecule has 5 nitrogen and oxygen atoms in total. The Morgan fingerprint density at radius 2 is 1.53 bits per heavy atom. The SMILES string of the molecule is CC(C)=O.CCO.CCOC(=O)C(C)O. The lowest BCUT2D eigenvalue weighted by atomic mass is 10.4. The predicted molar refractivity (Wildman–Crippen MR) is 57.4 cm³/mol. The van der Waals surface area contributed by atoms with Gasteiger partial charge in [-0.15, -0.1) is 0 Å². The third kappa shape index (κ3) is 43.5. The van der Waals surface area contributed by atoms with E-state index in [2.05, 4.69) is 4.74 Å². The molecule has 92 valence electrons. The molecule has 0 aromatic carbocycles. The summed E-state index contributed by atoms with van der Waals surface area (Å²) in [4.78, 5) is 19.7. The van der Waals surface area contributed by atoms with Crippen LogP contribution in [0.15, 0.2) is 0 Å². The number of hydrogen-bond acceptors (Lipinski definition) is 5. The van der Waals surface area contributed by atoms with Gasteiger partial charge >= 0.3 is 5.97 Å². The fourth-order valence-corrected chi connectivity index (χ4v) is 0.263. The highest BCUT2D eigenvalue weighted by Crippen LogP contribution is 1.84. The Hall–Kier alpha value is -0.940. The Morgan fingerprint density at radius 3 is 1.60 bits per heavy atom. The molecule has 1 unspecified atom stereocenters. The van der Waals surface area contributed by atoms with Crippen molar-refractivity contribution >= 4 is 11.8 Å². The molecular formula is C10H22O5. The van der Waals surface area contributed by atoms with E-state index in [1.807, 2.05) is 0 Å². The number of aliphatic hydroxyl groups excluding tert-OH is 2. The summed E-state index contributed by atoms with van der Waals surface area (Å²) in [6, 6.07) is 0. The number of ether oxygens (including phenoxy) is 1. The van der Waals surface area contributed by atoms with E-state index >= 15 is 0 Å². The first-order valence-corrected chi connectivity index (χ1v) is 4.76. The van der Waals surface area contributed by atoms with Gasteiger partial charge in [0.2, 0.25) is 0 Å². The maximum Gasteiger partial charge on any atom is 0.334 e. The van der Waals surface area contributed by atoms with E-state index < -0.39 is 12.1 Å². The van der Waals surface area contributed by atoms with E-state index in [0.29, 0.717) is 6.61 Å². The van der Waals surface area contributed by atoms with Gasteiger partial charge in [-0.25, -0.2) is 4.79 Å². The molecule has 0 heterocycles. The maximum atomic E-state index is 10.3. The molecule has 0 bridgehead atoms. The summed E-state index contributed by atoms with van der Waals surface area (Å²) < 4.78 is 4.41. The average molecular weight is 222 g/mol. The van der Waals surface area contributed by atoms with Crippen LogP contribution in [-0.2, 0) is 14.3 Å². The molecule has 15 heavy (non-hydrogen) atoms. The van der Waals surface area contributed by atoms with E-state index in [9.17, 15) is 9.59 Å². The quantitative estimate of drug-likeness (QED) is 0.666. The highest BCUT2D eigenvalue weighted by atomic mass is 16.5.